The first kappa shape index (κ1) is 8.86. The first-order valence-electron chi connectivity index (χ1n) is 3.45. The summed E-state index contributed by atoms with van der Waals surface area (Å²) in [5.41, 5.74) is 0.567. The third-order valence-electron chi connectivity index (χ3n) is 1.52. The first-order valence-corrected chi connectivity index (χ1v) is 3.45. The molecule has 0 aromatic heterocycles. The molecule has 0 aliphatic carbocycles. The van der Waals surface area contributed by atoms with Gasteiger partial charge >= 0.3 is 0 Å². The zero-order chi connectivity index (χ0) is 9.14. The number of hydrogen-bond donors (Lipinski definition) is 2. The standard InChI is InChI=1S/C8H9NO3/c1-6(10)7-3-2-4-8(5-7)9(11)12/h2-5,9,11H,1H3. The minimum atomic E-state index is -1.02. The van der Waals surface area contributed by atoms with Gasteiger partial charge in [-0.25, -0.2) is 5.21 Å². The number of carbonyl (C=O) groups excluding carboxylic acids is 1. The first-order chi connectivity index (χ1) is 5.61. The van der Waals surface area contributed by atoms with E-state index in [9.17, 15) is 10.0 Å². The Morgan fingerprint density at radius 3 is 2.75 bits per heavy atom. The van der Waals surface area contributed by atoms with Crippen LogP contribution in [-0.4, -0.2) is 11.0 Å². The lowest BCUT2D eigenvalue weighted by Gasteiger charge is -2.11. The number of nitrogens with one attached hydrogen (secondary N) is 1. The van der Waals surface area contributed by atoms with E-state index in [1.165, 1.54) is 19.1 Å². The van der Waals surface area contributed by atoms with E-state index in [0.717, 1.165) is 0 Å². The summed E-state index contributed by atoms with van der Waals surface area (Å²) in [4.78, 5) is 10.8. The smallest absolute Gasteiger partial charge is 0.164 e. The molecule has 4 heteroatoms. The predicted octanol–water partition coefficient (Wildman–Crippen LogP) is 0.293. The van der Waals surface area contributed by atoms with Crippen molar-refractivity contribution in [2.75, 3.05) is 0 Å². The van der Waals surface area contributed by atoms with Gasteiger partial charge in [0.05, 0.1) is 0 Å². The van der Waals surface area contributed by atoms with Crippen LogP contribution in [0.1, 0.15) is 17.3 Å². The fourth-order valence-corrected chi connectivity index (χ4v) is 0.871. The zero-order valence-corrected chi connectivity index (χ0v) is 6.57. The van der Waals surface area contributed by atoms with E-state index in [1.807, 2.05) is 0 Å². The molecule has 64 valence electrons. The summed E-state index contributed by atoms with van der Waals surface area (Å²) in [6, 6.07) is 5.97. The average molecular weight is 167 g/mol. The van der Waals surface area contributed by atoms with E-state index in [4.69, 9.17) is 5.21 Å². The van der Waals surface area contributed by atoms with Crippen molar-refractivity contribution in [1.82, 2.24) is 0 Å². The van der Waals surface area contributed by atoms with E-state index < -0.39 is 5.23 Å². The Kier molecular flexibility index (Phi) is 2.54. The second kappa shape index (κ2) is 3.44. The van der Waals surface area contributed by atoms with Crippen LogP contribution >= 0.6 is 0 Å². The number of Topliss-reactive ketones (excluding diaryl/α,β-unsaturated/α-hetero) is 1. The average Bonchev–Trinajstić information content (AvgIpc) is 2.04. The van der Waals surface area contributed by atoms with Gasteiger partial charge < -0.3 is 5.21 Å². The van der Waals surface area contributed by atoms with Crippen LogP contribution in [0.25, 0.3) is 0 Å². The lowest BCUT2D eigenvalue weighted by atomic mass is 10.1. The van der Waals surface area contributed by atoms with Gasteiger partial charge in [-0.2, -0.15) is 5.23 Å². The van der Waals surface area contributed by atoms with Crippen LogP contribution in [0.5, 0.6) is 0 Å². The molecule has 0 amide bonds. The van der Waals surface area contributed by atoms with Gasteiger partial charge in [-0.05, 0) is 6.92 Å². The van der Waals surface area contributed by atoms with Gasteiger partial charge in [0.2, 0.25) is 0 Å². The lowest BCUT2D eigenvalue weighted by Crippen LogP contribution is -2.99. The number of carbonyl (C=O) groups is 1. The summed E-state index contributed by atoms with van der Waals surface area (Å²) < 4.78 is 0. The van der Waals surface area contributed by atoms with Gasteiger partial charge in [0.25, 0.3) is 0 Å². The number of rotatable bonds is 2. The van der Waals surface area contributed by atoms with E-state index in [2.05, 4.69) is 0 Å². The minimum absolute atomic E-state index is 0.127. The monoisotopic (exact) mass is 167 g/mol. The fraction of sp³-hybridized carbons (Fsp3) is 0.125. The Labute approximate surface area is 69.6 Å². The van der Waals surface area contributed by atoms with Crippen molar-refractivity contribution >= 4 is 11.5 Å². The number of hydrogen-bond acceptors (Lipinski definition) is 3. The normalized spacial score (nSPS) is 12.6. The van der Waals surface area contributed by atoms with Gasteiger partial charge in [-0.3, -0.25) is 4.79 Å². The van der Waals surface area contributed by atoms with E-state index >= 15 is 0 Å². The number of ketones is 1. The van der Waals surface area contributed by atoms with Gasteiger partial charge in [0, 0.05) is 17.7 Å². The van der Waals surface area contributed by atoms with Gasteiger partial charge in [0.15, 0.2) is 11.5 Å². The Hall–Kier alpha value is -1.23. The van der Waals surface area contributed by atoms with Gasteiger partial charge in [-0.15, -0.1) is 0 Å². The van der Waals surface area contributed by atoms with Crippen molar-refractivity contribution in [2.45, 2.75) is 6.92 Å². The maximum atomic E-state index is 10.8. The van der Waals surface area contributed by atoms with Crippen molar-refractivity contribution in [3.8, 4) is 0 Å². The van der Waals surface area contributed by atoms with Crippen LogP contribution in [0.15, 0.2) is 24.3 Å². The largest absolute Gasteiger partial charge is 0.595 e. The molecule has 0 fully saturated rings. The van der Waals surface area contributed by atoms with Gasteiger partial charge in [0.1, 0.15) is 0 Å². The highest BCUT2D eigenvalue weighted by Crippen LogP contribution is 2.06. The quantitative estimate of drug-likeness (QED) is 0.491. The highest BCUT2D eigenvalue weighted by molar-refractivity contribution is 5.94. The molecule has 1 aromatic rings. The molecule has 0 radical (unpaired) electrons. The topological polar surface area (TPSA) is 64.8 Å². The molecule has 0 saturated carbocycles. The van der Waals surface area contributed by atoms with E-state index in [0.29, 0.717) is 5.56 Å². The molecule has 0 saturated heterocycles. The van der Waals surface area contributed by atoms with Crippen LogP contribution in [-0.2, 0) is 0 Å². The molecule has 2 N–H and O–H groups in total. The Bertz CT molecular complexity index is 296. The molecule has 0 heterocycles. The molecule has 1 aromatic carbocycles. The number of benzene rings is 1. The van der Waals surface area contributed by atoms with Crippen molar-refractivity contribution in [3.63, 3.8) is 0 Å². The molecule has 0 aliphatic heterocycles. The molecular formula is C8H9NO3. The Morgan fingerprint density at radius 2 is 2.25 bits per heavy atom. The van der Waals surface area contributed by atoms with Crippen molar-refractivity contribution < 1.29 is 15.2 Å². The molecular weight excluding hydrogens is 158 g/mol. The maximum absolute atomic E-state index is 10.8. The van der Waals surface area contributed by atoms with Crippen molar-refractivity contribution in [3.05, 3.63) is 35.0 Å². The highest BCUT2D eigenvalue weighted by Gasteiger charge is 2.03. The van der Waals surface area contributed by atoms with Gasteiger partial charge in [-0.1, -0.05) is 12.1 Å². The molecule has 1 atom stereocenters. The van der Waals surface area contributed by atoms with Crippen LogP contribution in [0, 0.1) is 5.21 Å². The van der Waals surface area contributed by atoms with Crippen molar-refractivity contribution in [1.29, 1.82) is 0 Å². The second-order valence-electron chi connectivity index (χ2n) is 2.44. The van der Waals surface area contributed by atoms with Crippen LogP contribution in [0.4, 0.5) is 5.69 Å². The third-order valence-corrected chi connectivity index (χ3v) is 1.52. The molecule has 4 nitrogen and oxygen atoms in total. The predicted molar refractivity (Wildman–Crippen MR) is 42.2 cm³/mol. The SMILES string of the molecule is CC(=O)c1cccc([NH+]([O-])O)c1. The summed E-state index contributed by atoms with van der Waals surface area (Å²) in [7, 11) is 0. The summed E-state index contributed by atoms with van der Waals surface area (Å²) in [5.74, 6) is -0.127. The summed E-state index contributed by atoms with van der Waals surface area (Å²) in [6.07, 6.45) is 0. The fourth-order valence-electron chi connectivity index (χ4n) is 0.871. The third kappa shape index (κ3) is 1.88. The zero-order valence-electron chi connectivity index (χ0n) is 6.57. The molecule has 0 spiro atoms. The lowest BCUT2D eigenvalue weighted by molar-refractivity contribution is -0.991. The Balaban J connectivity index is 3.04. The number of quaternary nitrogens is 1. The van der Waals surface area contributed by atoms with E-state index in [1.54, 1.807) is 12.1 Å². The maximum Gasteiger partial charge on any atom is 0.164 e. The molecule has 0 aliphatic rings. The molecule has 0 bridgehead atoms. The summed E-state index contributed by atoms with van der Waals surface area (Å²) >= 11 is 0. The van der Waals surface area contributed by atoms with Crippen molar-refractivity contribution in [2.24, 2.45) is 0 Å². The minimum Gasteiger partial charge on any atom is -0.595 e. The molecule has 1 unspecified atom stereocenters. The Morgan fingerprint density at radius 1 is 1.58 bits per heavy atom. The second-order valence-corrected chi connectivity index (χ2v) is 2.44. The van der Waals surface area contributed by atoms with Crippen LogP contribution in [0.3, 0.4) is 0 Å². The summed E-state index contributed by atoms with van der Waals surface area (Å²) in [5, 5.41) is 18.0. The molecule has 12 heavy (non-hydrogen) atoms. The highest BCUT2D eigenvalue weighted by atomic mass is 16.8. The van der Waals surface area contributed by atoms with Crippen LogP contribution in [0.2, 0.25) is 0 Å². The van der Waals surface area contributed by atoms with Crippen LogP contribution < -0.4 is 5.23 Å². The molecule has 1 rings (SSSR count). The van der Waals surface area contributed by atoms with E-state index in [-0.39, 0.29) is 11.5 Å². The summed E-state index contributed by atoms with van der Waals surface area (Å²) in [6.45, 7) is 1.40.